The number of hydrogen-bond donors (Lipinski definition) is 1. The molecule has 9 nitrogen and oxygen atoms in total. The van der Waals surface area contributed by atoms with E-state index in [0.29, 0.717) is 41.3 Å². The van der Waals surface area contributed by atoms with Crippen molar-refractivity contribution in [2.24, 2.45) is 5.92 Å². The van der Waals surface area contributed by atoms with E-state index in [1.54, 1.807) is 27.8 Å². The summed E-state index contributed by atoms with van der Waals surface area (Å²) in [5.74, 6) is -0.718. The highest BCUT2D eigenvalue weighted by Gasteiger charge is 2.67. The third-order valence-corrected chi connectivity index (χ3v) is 14.4. The topological polar surface area (TPSA) is 99.6 Å². The molecule has 1 saturated heterocycles. The first kappa shape index (κ1) is 35.7. The molecule has 0 saturated carbocycles. The smallest absolute Gasteiger partial charge is 0.269 e. The molecule has 0 bridgehead atoms. The van der Waals surface area contributed by atoms with Gasteiger partial charge in [0.2, 0.25) is 14.3 Å². The van der Waals surface area contributed by atoms with E-state index < -0.39 is 37.6 Å². The molecule has 0 radical (unpaired) electrons. The summed E-state index contributed by atoms with van der Waals surface area (Å²) in [6, 6.07) is 28.0. The number of aliphatic hydroxyl groups is 1. The Morgan fingerprint density at radius 1 is 0.981 bits per heavy atom. The lowest BCUT2D eigenvalue weighted by Crippen LogP contribution is -2.48. The summed E-state index contributed by atoms with van der Waals surface area (Å²) in [4.78, 5) is 47.3. The second-order valence-electron chi connectivity index (χ2n) is 15.0. The molecule has 1 spiro atoms. The van der Waals surface area contributed by atoms with Gasteiger partial charge in [0.25, 0.3) is 11.8 Å². The zero-order valence-corrected chi connectivity index (χ0v) is 32.4. The van der Waals surface area contributed by atoms with E-state index in [4.69, 9.17) is 9.47 Å². The van der Waals surface area contributed by atoms with Gasteiger partial charge in [-0.25, -0.2) is 0 Å². The van der Waals surface area contributed by atoms with Crippen LogP contribution in [0, 0.1) is 5.92 Å². The van der Waals surface area contributed by atoms with Gasteiger partial charge in [0, 0.05) is 33.7 Å². The molecule has 1 N–H and O–H groups in total. The molecule has 4 aliphatic rings. The van der Waals surface area contributed by atoms with Crippen LogP contribution in [0.1, 0.15) is 35.6 Å². The van der Waals surface area contributed by atoms with Crippen molar-refractivity contribution in [3.05, 3.63) is 118 Å². The molecule has 0 aliphatic carbocycles. The van der Waals surface area contributed by atoms with E-state index in [1.807, 2.05) is 97.9 Å². The molecular formula is C41H41BrFN3O6Si. The molecule has 53 heavy (non-hydrogen) atoms. The molecule has 0 aromatic heterocycles. The molecule has 3 amide bonds. The number of ether oxygens (including phenoxy) is 2. The molecule has 8 rings (SSSR count). The number of carbonyl (C=O) groups is 3. The lowest BCUT2D eigenvalue weighted by molar-refractivity contribution is -0.151. The van der Waals surface area contributed by atoms with E-state index in [-0.39, 0.29) is 43.9 Å². The van der Waals surface area contributed by atoms with Crippen molar-refractivity contribution in [1.82, 2.24) is 4.90 Å². The van der Waals surface area contributed by atoms with Crippen LogP contribution in [0.25, 0.3) is 0 Å². The number of nitrogens with zero attached hydrogens (tertiary/aromatic N) is 3. The largest absolute Gasteiger partial charge is 0.482 e. The number of aliphatic hydroxyl groups excluding tert-OH is 1. The molecule has 12 heteroatoms. The van der Waals surface area contributed by atoms with Crippen LogP contribution in [0.4, 0.5) is 21.2 Å². The number of fused-ring (bicyclic) bond motifs is 4. The zero-order valence-electron chi connectivity index (χ0n) is 29.8. The van der Waals surface area contributed by atoms with E-state index in [9.17, 15) is 14.7 Å². The van der Waals surface area contributed by atoms with Crippen LogP contribution in [-0.4, -0.2) is 61.5 Å². The summed E-state index contributed by atoms with van der Waals surface area (Å²) < 4.78 is 29.9. The molecule has 4 aliphatic heterocycles. The molecule has 1 fully saturated rings. The quantitative estimate of drug-likeness (QED) is 0.158. The predicted molar refractivity (Wildman–Crippen MR) is 205 cm³/mol. The fraction of sp³-hybridized carbons (Fsp3) is 0.341. The molecule has 4 heterocycles. The number of rotatable bonds is 7. The van der Waals surface area contributed by atoms with Crippen molar-refractivity contribution in [3.63, 3.8) is 0 Å². The molecule has 274 valence electrons. The number of carbonyl (C=O) groups excluding carboxylic acids is 3. The summed E-state index contributed by atoms with van der Waals surface area (Å²) in [6.45, 7) is 5.37. The number of benzene rings is 4. The monoisotopic (exact) mass is 797 g/mol. The molecule has 4 aromatic carbocycles. The fourth-order valence-electron chi connectivity index (χ4n) is 9.07. The first-order valence-electron chi connectivity index (χ1n) is 18.0. The van der Waals surface area contributed by atoms with Gasteiger partial charge in [-0.2, -0.15) is 0 Å². The van der Waals surface area contributed by atoms with E-state index in [0.717, 1.165) is 21.2 Å². The average molecular weight is 799 g/mol. The van der Waals surface area contributed by atoms with Crippen molar-refractivity contribution in [3.8, 4) is 5.75 Å². The number of amides is 3. The van der Waals surface area contributed by atoms with E-state index in [1.165, 1.54) is 0 Å². The normalized spacial score (nSPS) is 25.0. The summed E-state index contributed by atoms with van der Waals surface area (Å²) in [5.41, 5.74) is 3.30. The Balaban J connectivity index is 1.12. The van der Waals surface area contributed by atoms with Gasteiger partial charge in [-0.1, -0.05) is 71.4 Å². The first-order chi connectivity index (χ1) is 25.4. The first-order valence-corrected chi connectivity index (χ1v) is 21.7. The van der Waals surface area contributed by atoms with Gasteiger partial charge >= 0.3 is 0 Å². The van der Waals surface area contributed by atoms with Gasteiger partial charge in [-0.05, 0) is 78.7 Å². The standard InChI is InChI=1S/C41H41BrFN3O6Si/c1-25-39(53(2,3)43)36(20-37(48)44-22-28-11-5-4-10-27(28)18-31(44)23-47)52-41(25)32-19-29(42)15-16-33(32)45(40(41)50)21-26-9-8-12-30(17-26)46-34-13-6-7-14-35(34)51-24-38(46)49/h4-17,19,25,31,36,39,47H,18,20-24H2,1-3H3/t25-,31-,36+,39-,41+/m0/s1. The van der Waals surface area contributed by atoms with Crippen LogP contribution < -0.4 is 14.5 Å². The second-order valence-corrected chi connectivity index (χ2v) is 19.7. The SMILES string of the molecule is C[C@H]1[C@H]([Si](C)(C)F)[C@@H](CC(=O)N2Cc3ccccc3C[C@H]2CO)O[C@]12C(=O)N(Cc1cccc(N3C(=O)COc4ccccc43)c1)c1ccc(Br)cc12. The third kappa shape index (κ3) is 6.00. The van der Waals surface area contributed by atoms with Gasteiger partial charge in [-0.3, -0.25) is 19.3 Å². The highest BCUT2D eigenvalue weighted by Crippen LogP contribution is 2.60. The Labute approximate surface area is 317 Å². The maximum atomic E-state index is 16.6. The summed E-state index contributed by atoms with van der Waals surface area (Å²) in [7, 11) is -3.54. The van der Waals surface area contributed by atoms with Gasteiger partial charge < -0.3 is 28.5 Å². The minimum Gasteiger partial charge on any atom is -0.482 e. The molecular weight excluding hydrogens is 757 g/mol. The van der Waals surface area contributed by atoms with Gasteiger partial charge in [0.05, 0.1) is 43.1 Å². The Morgan fingerprint density at radius 2 is 1.74 bits per heavy atom. The van der Waals surface area contributed by atoms with Crippen LogP contribution in [-0.2, 0) is 44.2 Å². The zero-order chi connectivity index (χ0) is 37.2. The lowest BCUT2D eigenvalue weighted by Gasteiger charge is -2.37. The van der Waals surface area contributed by atoms with Crippen LogP contribution in [0.15, 0.2) is 95.5 Å². The number of para-hydroxylation sites is 2. The van der Waals surface area contributed by atoms with Crippen molar-refractivity contribution >= 4 is 59.1 Å². The van der Waals surface area contributed by atoms with E-state index in [2.05, 4.69) is 15.9 Å². The van der Waals surface area contributed by atoms with Crippen molar-refractivity contribution < 1.29 is 33.1 Å². The van der Waals surface area contributed by atoms with Crippen LogP contribution in [0.3, 0.4) is 0 Å². The maximum Gasteiger partial charge on any atom is 0.269 e. The number of anilines is 3. The van der Waals surface area contributed by atoms with Gasteiger partial charge in [0.15, 0.2) is 12.2 Å². The highest BCUT2D eigenvalue weighted by atomic mass is 79.9. The van der Waals surface area contributed by atoms with Gasteiger partial charge in [-0.15, -0.1) is 0 Å². The lowest BCUT2D eigenvalue weighted by atomic mass is 9.82. The Kier molecular flexibility index (Phi) is 9.08. The Morgan fingerprint density at radius 3 is 2.51 bits per heavy atom. The minimum atomic E-state index is -3.54. The second kappa shape index (κ2) is 13.5. The van der Waals surface area contributed by atoms with E-state index >= 15 is 8.90 Å². The molecule has 5 atom stereocenters. The highest BCUT2D eigenvalue weighted by molar-refractivity contribution is 9.10. The summed E-state index contributed by atoms with van der Waals surface area (Å²) >= 11 is 3.60. The Bertz CT molecular complexity index is 2130. The van der Waals surface area contributed by atoms with Crippen LogP contribution >= 0.6 is 15.9 Å². The average Bonchev–Trinajstić information content (AvgIpc) is 3.56. The van der Waals surface area contributed by atoms with Crippen LogP contribution in [0.5, 0.6) is 5.75 Å². The Hall–Kier alpha value is -4.36. The van der Waals surface area contributed by atoms with Crippen molar-refractivity contribution in [1.29, 1.82) is 0 Å². The third-order valence-electron chi connectivity index (χ3n) is 11.4. The fourth-order valence-corrected chi connectivity index (χ4v) is 11.9. The van der Waals surface area contributed by atoms with Gasteiger partial charge in [0.1, 0.15) is 5.75 Å². The van der Waals surface area contributed by atoms with Crippen molar-refractivity contribution in [2.75, 3.05) is 23.0 Å². The number of halogens is 2. The van der Waals surface area contributed by atoms with Crippen LogP contribution in [0.2, 0.25) is 18.6 Å². The minimum absolute atomic E-state index is 0.0867. The maximum absolute atomic E-state index is 16.6. The number of hydrogen-bond acceptors (Lipinski definition) is 6. The molecule has 0 unspecified atom stereocenters. The predicted octanol–water partition coefficient (Wildman–Crippen LogP) is 7.16. The summed E-state index contributed by atoms with van der Waals surface area (Å²) in [5, 5.41) is 10.3. The summed E-state index contributed by atoms with van der Waals surface area (Å²) in [6.07, 6.45) is -0.435. The molecule has 4 aromatic rings. The van der Waals surface area contributed by atoms with Crippen molar-refractivity contribution in [2.45, 2.75) is 69.2 Å².